The van der Waals surface area contributed by atoms with Crippen LogP contribution in [0.15, 0.2) is 10.7 Å². The Morgan fingerprint density at radius 3 is 2.92 bits per heavy atom. The molecule has 0 bridgehead atoms. The third-order valence-electron chi connectivity index (χ3n) is 1.57. The van der Waals surface area contributed by atoms with E-state index in [9.17, 15) is 0 Å². The van der Waals surface area contributed by atoms with Gasteiger partial charge in [-0.3, -0.25) is 0 Å². The molecule has 1 aromatic heterocycles. The van der Waals surface area contributed by atoms with E-state index < -0.39 is 0 Å². The monoisotopic (exact) mass is 168 g/mol. The smallest absolute Gasteiger partial charge is 0.195 e. The summed E-state index contributed by atoms with van der Waals surface area (Å²) >= 11 is 0. The van der Waals surface area contributed by atoms with Crippen molar-refractivity contribution in [2.24, 2.45) is 11.7 Å². The number of hydrogen-bond acceptors (Lipinski definition) is 3. The van der Waals surface area contributed by atoms with Crippen molar-refractivity contribution in [2.75, 3.05) is 6.54 Å². The number of aromatic nitrogens is 1. The van der Waals surface area contributed by atoms with Crippen molar-refractivity contribution in [3.63, 3.8) is 0 Å². The lowest BCUT2D eigenvalue weighted by Crippen LogP contribution is -2.03. The fourth-order valence-corrected chi connectivity index (χ4v) is 1.10. The van der Waals surface area contributed by atoms with E-state index in [1.165, 1.54) is 0 Å². The predicted octanol–water partition coefficient (Wildman–Crippen LogP) is 1.37. The molecule has 0 saturated carbocycles. The maximum absolute atomic E-state index is 5.37. The molecular weight excluding hydrogens is 152 g/mol. The Bertz CT molecular complexity index is 230. The second-order valence-electron chi connectivity index (χ2n) is 3.37. The molecule has 1 rings (SSSR count). The molecule has 0 aliphatic heterocycles. The summed E-state index contributed by atoms with van der Waals surface area (Å²) in [6.45, 7) is 4.93. The summed E-state index contributed by atoms with van der Waals surface area (Å²) in [5.74, 6) is 1.38. The highest BCUT2D eigenvalue weighted by Gasteiger charge is 2.04. The zero-order chi connectivity index (χ0) is 8.97. The van der Waals surface area contributed by atoms with Crippen molar-refractivity contribution in [1.82, 2.24) is 4.98 Å². The van der Waals surface area contributed by atoms with Crippen molar-refractivity contribution < 1.29 is 4.42 Å². The van der Waals surface area contributed by atoms with Gasteiger partial charge in [0.1, 0.15) is 6.26 Å². The van der Waals surface area contributed by atoms with E-state index in [4.69, 9.17) is 10.2 Å². The maximum atomic E-state index is 5.37. The number of nitrogens with zero attached hydrogens (tertiary/aromatic N) is 1. The molecule has 0 fully saturated rings. The van der Waals surface area contributed by atoms with Gasteiger partial charge in [0.2, 0.25) is 0 Å². The van der Waals surface area contributed by atoms with E-state index in [2.05, 4.69) is 18.8 Å². The zero-order valence-corrected chi connectivity index (χ0v) is 7.71. The fraction of sp³-hybridized carbons (Fsp3) is 0.667. The van der Waals surface area contributed by atoms with E-state index in [1.807, 2.05) is 0 Å². The molecule has 1 aromatic rings. The van der Waals surface area contributed by atoms with Gasteiger partial charge >= 0.3 is 0 Å². The first-order valence-electron chi connectivity index (χ1n) is 4.35. The van der Waals surface area contributed by atoms with E-state index in [1.54, 1.807) is 6.26 Å². The third-order valence-corrected chi connectivity index (χ3v) is 1.57. The molecule has 0 amide bonds. The van der Waals surface area contributed by atoms with Crippen LogP contribution in [0.2, 0.25) is 0 Å². The molecule has 0 aliphatic carbocycles. The lowest BCUT2D eigenvalue weighted by molar-refractivity contribution is 0.495. The number of rotatable bonds is 4. The molecule has 0 radical (unpaired) electrons. The van der Waals surface area contributed by atoms with Crippen molar-refractivity contribution in [3.8, 4) is 0 Å². The van der Waals surface area contributed by atoms with Crippen molar-refractivity contribution in [1.29, 1.82) is 0 Å². The first-order valence-corrected chi connectivity index (χ1v) is 4.35. The van der Waals surface area contributed by atoms with Gasteiger partial charge in [0.25, 0.3) is 0 Å². The molecule has 0 atom stereocenters. The van der Waals surface area contributed by atoms with Crippen LogP contribution < -0.4 is 5.73 Å². The van der Waals surface area contributed by atoms with Crippen LogP contribution in [0.4, 0.5) is 0 Å². The van der Waals surface area contributed by atoms with Gasteiger partial charge in [-0.2, -0.15) is 0 Å². The van der Waals surface area contributed by atoms with E-state index in [0.29, 0.717) is 12.5 Å². The number of hydrogen-bond donors (Lipinski definition) is 1. The average Bonchev–Trinajstić information content (AvgIpc) is 2.36. The Kier molecular flexibility index (Phi) is 3.29. The lowest BCUT2D eigenvalue weighted by atomic mass is 10.1. The van der Waals surface area contributed by atoms with Gasteiger partial charge in [-0.1, -0.05) is 13.8 Å². The molecule has 12 heavy (non-hydrogen) atoms. The fourth-order valence-electron chi connectivity index (χ4n) is 1.10. The Morgan fingerprint density at radius 1 is 1.58 bits per heavy atom. The lowest BCUT2D eigenvalue weighted by Gasteiger charge is -1.97. The summed E-state index contributed by atoms with van der Waals surface area (Å²) in [7, 11) is 0. The zero-order valence-electron chi connectivity index (χ0n) is 7.71. The van der Waals surface area contributed by atoms with Crippen LogP contribution in [-0.4, -0.2) is 11.5 Å². The minimum atomic E-state index is 0.599. The van der Waals surface area contributed by atoms with Crippen LogP contribution in [0, 0.1) is 5.92 Å². The summed E-state index contributed by atoms with van der Waals surface area (Å²) in [6, 6.07) is 0. The highest BCUT2D eigenvalue weighted by atomic mass is 16.3. The van der Waals surface area contributed by atoms with E-state index in [-0.39, 0.29) is 0 Å². The van der Waals surface area contributed by atoms with Crippen molar-refractivity contribution >= 4 is 0 Å². The topological polar surface area (TPSA) is 52.0 Å². The van der Waals surface area contributed by atoms with Gasteiger partial charge < -0.3 is 10.2 Å². The number of oxazole rings is 1. The second kappa shape index (κ2) is 4.26. The van der Waals surface area contributed by atoms with E-state index in [0.717, 1.165) is 24.4 Å². The molecule has 68 valence electrons. The quantitative estimate of drug-likeness (QED) is 0.738. The van der Waals surface area contributed by atoms with Gasteiger partial charge in [-0.25, -0.2) is 4.98 Å². The van der Waals surface area contributed by atoms with Crippen LogP contribution in [0.1, 0.15) is 25.4 Å². The summed E-state index contributed by atoms with van der Waals surface area (Å²) in [4.78, 5) is 4.29. The molecule has 3 nitrogen and oxygen atoms in total. The standard InChI is InChI=1S/C9H16N2O/c1-7(2)5-8-6-12-9(11-8)3-4-10/h6-7H,3-5,10H2,1-2H3. The van der Waals surface area contributed by atoms with E-state index >= 15 is 0 Å². The summed E-state index contributed by atoms with van der Waals surface area (Å²) < 4.78 is 5.21. The highest BCUT2D eigenvalue weighted by Crippen LogP contribution is 2.07. The molecule has 1 heterocycles. The number of nitrogens with two attached hydrogens (primary N) is 1. The van der Waals surface area contributed by atoms with Crippen LogP contribution in [-0.2, 0) is 12.8 Å². The molecule has 0 aliphatic rings. The first-order chi connectivity index (χ1) is 5.72. The third kappa shape index (κ3) is 2.66. The predicted molar refractivity (Wildman–Crippen MR) is 47.8 cm³/mol. The molecule has 0 aromatic carbocycles. The van der Waals surface area contributed by atoms with Crippen LogP contribution >= 0.6 is 0 Å². The first kappa shape index (κ1) is 9.26. The SMILES string of the molecule is CC(C)Cc1coc(CCN)n1. The van der Waals surface area contributed by atoms with Crippen LogP contribution in [0.25, 0.3) is 0 Å². The van der Waals surface area contributed by atoms with Crippen LogP contribution in [0.5, 0.6) is 0 Å². The summed E-state index contributed by atoms with van der Waals surface area (Å²) in [6.07, 6.45) is 3.44. The molecule has 0 spiro atoms. The minimum absolute atomic E-state index is 0.599. The Morgan fingerprint density at radius 2 is 2.33 bits per heavy atom. The molecular formula is C9H16N2O. The summed E-state index contributed by atoms with van der Waals surface area (Å²) in [5.41, 5.74) is 6.41. The van der Waals surface area contributed by atoms with Gasteiger partial charge in [-0.15, -0.1) is 0 Å². The van der Waals surface area contributed by atoms with Gasteiger partial charge in [0.05, 0.1) is 5.69 Å². The minimum Gasteiger partial charge on any atom is -0.449 e. The largest absolute Gasteiger partial charge is 0.449 e. The Labute approximate surface area is 73.0 Å². The molecule has 3 heteroatoms. The Balaban J connectivity index is 2.52. The van der Waals surface area contributed by atoms with Gasteiger partial charge in [0.15, 0.2) is 5.89 Å². The normalized spacial score (nSPS) is 11.0. The molecule has 2 N–H and O–H groups in total. The summed E-state index contributed by atoms with van der Waals surface area (Å²) in [5, 5.41) is 0. The highest BCUT2D eigenvalue weighted by molar-refractivity contribution is 4.97. The maximum Gasteiger partial charge on any atom is 0.195 e. The molecule has 0 saturated heterocycles. The average molecular weight is 168 g/mol. The van der Waals surface area contributed by atoms with Crippen molar-refractivity contribution in [3.05, 3.63) is 17.8 Å². The Hall–Kier alpha value is -0.830. The van der Waals surface area contributed by atoms with Gasteiger partial charge in [0, 0.05) is 13.0 Å². The van der Waals surface area contributed by atoms with Crippen LogP contribution in [0.3, 0.4) is 0 Å². The van der Waals surface area contributed by atoms with Crippen molar-refractivity contribution in [2.45, 2.75) is 26.7 Å². The van der Waals surface area contributed by atoms with Gasteiger partial charge in [-0.05, 0) is 12.3 Å². The molecule has 0 unspecified atom stereocenters. The second-order valence-corrected chi connectivity index (χ2v) is 3.37.